The number of aromatic nitrogens is 5. The molecule has 0 aliphatic carbocycles. The van der Waals surface area contributed by atoms with Gasteiger partial charge in [-0.3, -0.25) is 0 Å². The van der Waals surface area contributed by atoms with Crippen LogP contribution in [-0.4, -0.2) is 62.3 Å². The number of aryl methyl sites for hydroxylation is 1. The van der Waals surface area contributed by atoms with Gasteiger partial charge in [0.25, 0.3) is 0 Å². The molecular formula is C19H19F3N8O. The molecule has 0 atom stereocenters. The van der Waals surface area contributed by atoms with Gasteiger partial charge in [-0.1, -0.05) is 12.1 Å². The molecule has 2 amide bonds. The van der Waals surface area contributed by atoms with Gasteiger partial charge in [0.05, 0.1) is 5.56 Å². The van der Waals surface area contributed by atoms with Crippen molar-refractivity contribution in [1.29, 1.82) is 0 Å². The molecule has 0 bridgehead atoms. The van der Waals surface area contributed by atoms with E-state index in [0.717, 1.165) is 17.8 Å². The average molecular weight is 432 g/mol. The van der Waals surface area contributed by atoms with Gasteiger partial charge in [0.1, 0.15) is 5.82 Å². The van der Waals surface area contributed by atoms with Crippen molar-refractivity contribution < 1.29 is 18.0 Å². The van der Waals surface area contributed by atoms with E-state index in [1.807, 2.05) is 11.0 Å². The van der Waals surface area contributed by atoms with Crippen LogP contribution in [0.3, 0.4) is 0 Å². The minimum Gasteiger partial charge on any atom is -0.353 e. The molecule has 1 saturated heterocycles. The summed E-state index contributed by atoms with van der Waals surface area (Å²) in [4.78, 5) is 20.1. The summed E-state index contributed by atoms with van der Waals surface area (Å²) in [5.41, 5.74) is 0.592. The number of alkyl halides is 3. The molecule has 1 aliphatic rings. The molecule has 3 aromatic rings. The summed E-state index contributed by atoms with van der Waals surface area (Å²) >= 11 is 0. The maximum atomic E-state index is 12.7. The number of amides is 2. The number of tetrazole rings is 1. The number of pyridine rings is 1. The van der Waals surface area contributed by atoms with Crippen LogP contribution < -0.4 is 10.2 Å². The van der Waals surface area contributed by atoms with Crippen LogP contribution in [0.2, 0.25) is 0 Å². The first-order valence-corrected chi connectivity index (χ1v) is 9.48. The maximum Gasteiger partial charge on any atom is 0.417 e. The van der Waals surface area contributed by atoms with Gasteiger partial charge >= 0.3 is 12.2 Å². The number of nitrogens with one attached hydrogen (secondary N) is 1. The van der Waals surface area contributed by atoms with Crippen molar-refractivity contribution >= 4 is 17.5 Å². The highest BCUT2D eigenvalue weighted by Gasteiger charge is 2.31. The Morgan fingerprint density at radius 1 is 1.10 bits per heavy atom. The van der Waals surface area contributed by atoms with Crippen LogP contribution in [0, 0.1) is 0 Å². The fourth-order valence-electron chi connectivity index (χ4n) is 3.29. The summed E-state index contributed by atoms with van der Waals surface area (Å²) in [7, 11) is 1.73. The number of piperazine rings is 1. The molecule has 0 unspecified atom stereocenters. The van der Waals surface area contributed by atoms with Gasteiger partial charge in [0.15, 0.2) is 5.82 Å². The summed E-state index contributed by atoms with van der Waals surface area (Å²) in [6, 6.07) is 9.31. The molecule has 0 spiro atoms. The van der Waals surface area contributed by atoms with E-state index in [1.165, 1.54) is 10.7 Å². The zero-order valence-corrected chi connectivity index (χ0v) is 16.5. The van der Waals surface area contributed by atoms with Gasteiger partial charge in [-0.2, -0.15) is 13.2 Å². The number of carbonyl (C=O) groups is 1. The van der Waals surface area contributed by atoms with Crippen LogP contribution in [0.1, 0.15) is 5.56 Å². The second-order valence-corrected chi connectivity index (χ2v) is 7.01. The summed E-state index contributed by atoms with van der Waals surface area (Å²) in [6.45, 7) is 1.77. The van der Waals surface area contributed by atoms with Gasteiger partial charge in [-0.05, 0) is 34.7 Å². The van der Waals surface area contributed by atoms with Crippen LogP contribution >= 0.6 is 0 Å². The number of halogens is 3. The van der Waals surface area contributed by atoms with E-state index in [4.69, 9.17) is 0 Å². The first kappa shape index (κ1) is 20.6. The normalized spacial score (nSPS) is 14.6. The molecule has 0 radical (unpaired) electrons. The predicted molar refractivity (Wildman–Crippen MR) is 106 cm³/mol. The van der Waals surface area contributed by atoms with Crippen LogP contribution in [0.15, 0.2) is 42.6 Å². The Hall–Kier alpha value is -3.70. The molecule has 1 aromatic carbocycles. The van der Waals surface area contributed by atoms with E-state index in [-0.39, 0.29) is 6.03 Å². The van der Waals surface area contributed by atoms with Crippen molar-refractivity contribution in [1.82, 2.24) is 30.1 Å². The summed E-state index contributed by atoms with van der Waals surface area (Å²) in [5.74, 6) is 1.03. The third-order valence-electron chi connectivity index (χ3n) is 4.96. The lowest BCUT2D eigenvalue weighted by Crippen LogP contribution is -2.50. The first-order chi connectivity index (χ1) is 14.8. The molecule has 1 fully saturated rings. The smallest absolute Gasteiger partial charge is 0.353 e. The average Bonchev–Trinajstić information content (AvgIpc) is 3.19. The molecule has 0 saturated carbocycles. The molecule has 2 aromatic heterocycles. The maximum absolute atomic E-state index is 12.7. The Morgan fingerprint density at radius 3 is 2.48 bits per heavy atom. The molecular weight excluding hydrogens is 413 g/mol. The number of benzene rings is 1. The third-order valence-corrected chi connectivity index (χ3v) is 4.96. The van der Waals surface area contributed by atoms with E-state index >= 15 is 0 Å². The number of carbonyl (C=O) groups excluding carboxylic acids is 1. The SMILES string of the molecule is Cn1nnnc1-c1cccc(NC(=O)N2CCN(c3ccc(C(F)(F)F)cn3)CC2)c1. The number of anilines is 2. The fraction of sp³-hybridized carbons (Fsp3) is 0.316. The van der Waals surface area contributed by atoms with Gasteiger partial charge in [-0.25, -0.2) is 14.5 Å². The lowest BCUT2D eigenvalue weighted by atomic mass is 10.2. The highest BCUT2D eigenvalue weighted by atomic mass is 19.4. The first-order valence-electron chi connectivity index (χ1n) is 9.48. The van der Waals surface area contributed by atoms with Crippen molar-refractivity contribution in [2.24, 2.45) is 7.05 Å². The standard InChI is InChI=1S/C19H19F3N8O/c1-28-17(25-26-27-28)13-3-2-4-15(11-13)24-18(31)30-9-7-29(8-10-30)16-6-5-14(12-23-16)19(20,21)22/h2-6,11-12H,7-10H2,1H3,(H,24,31). The quantitative estimate of drug-likeness (QED) is 0.684. The second-order valence-electron chi connectivity index (χ2n) is 7.01. The van der Waals surface area contributed by atoms with E-state index in [0.29, 0.717) is 43.5 Å². The lowest BCUT2D eigenvalue weighted by molar-refractivity contribution is -0.137. The van der Waals surface area contributed by atoms with Crippen molar-refractivity contribution in [3.05, 3.63) is 48.2 Å². The van der Waals surface area contributed by atoms with Crippen LogP contribution in [0.4, 0.5) is 29.5 Å². The highest BCUT2D eigenvalue weighted by molar-refractivity contribution is 5.90. The zero-order chi connectivity index (χ0) is 22.0. The number of hydrogen-bond acceptors (Lipinski definition) is 6. The van der Waals surface area contributed by atoms with E-state index in [9.17, 15) is 18.0 Å². The van der Waals surface area contributed by atoms with E-state index < -0.39 is 11.7 Å². The molecule has 1 aliphatic heterocycles. The number of rotatable bonds is 3. The molecule has 9 nitrogen and oxygen atoms in total. The van der Waals surface area contributed by atoms with Crippen molar-refractivity contribution in [2.75, 3.05) is 36.4 Å². The number of hydrogen-bond donors (Lipinski definition) is 1. The molecule has 1 N–H and O–H groups in total. The Morgan fingerprint density at radius 2 is 1.87 bits per heavy atom. The van der Waals surface area contributed by atoms with Gasteiger partial charge in [0, 0.05) is 50.7 Å². The highest BCUT2D eigenvalue weighted by Crippen LogP contribution is 2.29. The summed E-state index contributed by atoms with van der Waals surface area (Å²) in [6.07, 6.45) is -3.59. The molecule has 162 valence electrons. The van der Waals surface area contributed by atoms with Crippen molar-refractivity contribution in [3.8, 4) is 11.4 Å². The monoisotopic (exact) mass is 432 g/mol. The van der Waals surface area contributed by atoms with Crippen molar-refractivity contribution in [3.63, 3.8) is 0 Å². The summed E-state index contributed by atoms with van der Waals surface area (Å²) in [5, 5.41) is 14.2. The van der Waals surface area contributed by atoms with Crippen molar-refractivity contribution in [2.45, 2.75) is 6.18 Å². The largest absolute Gasteiger partial charge is 0.417 e. The minimum atomic E-state index is -4.41. The molecule has 4 rings (SSSR count). The lowest BCUT2D eigenvalue weighted by Gasteiger charge is -2.35. The number of urea groups is 1. The Bertz CT molecular complexity index is 1060. The van der Waals surface area contributed by atoms with Gasteiger partial charge in [-0.15, -0.1) is 5.10 Å². The zero-order valence-electron chi connectivity index (χ0n) is 16.5. The van der Waals surface area contributed by atoms with E-state index in [2.05, 4.69) is 25.8 Å². The fourth-order valence-corrected chi connectivity index (χ4v) is 3.29. The van der Waals surface area contributed by atoms with Crippen LogP contribution in [0.5, 0.6) is 0 Å². The topological polar surface area (TPSA) is 92.1 Å². The molecule has 12 heteroatoms. The Kier molecular flexibility index (Phi) is 5.44. The van der Waals surface area contributed by atoms with Crippen LogP contribution in [-0.2, 0) is 13.2 Å². The minimum absolute atomic E-state index is 0.256. The van der Waals surface area contributed by atoms with Crippen LogP contribution in [0.25, 0.3) is 11.4 Å². The Labute approximate surface area is 175 Å². The van der Waals surface area contributed by atoms with E-state index in [1.54, 1.807) is 30.1 Å². The second kappa shape index (κ2) is 8.20. The molecule has 31 heavy (non-hydrogen) atoms. The number of nitrogens with zero attached hydrogens (tertiary/aromatic N) is 7. The van der Waals surface area contributed by atoms with Gasteiger partial charge in [0.2, 0.25) is 0 Å². The Balaban J connectivity index is 1.35. The molecule has 3 heterocycles. The predicted octanol–water partition coefficient (Wildman–Crippen LogP) is 2.65. The third kappa shape index (κ3) is 4.57. The summed E-state index contributed by atoms with van der Waals surface area (Å²) < 4.78 is 39.6. The van der Waals surface area contributed by atoms with Gasteiger partial charge < -0.3 is 15.1 Å².